The number of hydrogen-bond donors (Lipinski definition) is 0. The normalized spacial score (nSPS) is 14.0. The first-order valence-corrected chi connectivity index (χ1v) is 15.5. The number of nitrogens with zero attached hydrogens (tertiary/aromatic N) is 1. The Kier molecular flexibility index (Phi) is 19.0. The monoisotopic (exact) mass is 521 g/mol. The summed E-state index contributed by atoms with van der Waals surface area (Å²) >= 11 is 0. The first kappa shape index (κ1) is 31.8. The largest absolute Gasteiger partial charge is 0.415 e. The van der Waals surface area contributed by atoms with Crippen LogP contribution in [0.1, 0.15) is 0 Å². The van der Waals surface area contributed by atoms with Crippen LogP contribution in [0.15, 0.2) is 12.2 Å². The minimum absolute atomic E-state index is 0.248. The molecule has 1 rings (SSSR count). The predicted octanol–water partition coefficient (Wildman–Crippen LogP) is 0.879. The summed E-state index contributed by atoms with van der Waals surface area (Å²) in [6, 6.07) is 0. The fourth-order valence-corrected chi connectivity index (χ4v) is 3.33. The molecule has 1 aliphatic rings. The summed E-state index contributed by atoms with van der Waals surface area (Å²) < 4.78 is 43.6. The van der Waals surface area contributed by atoms with Crippen LogP contribution in [0, 0.1) is 0 Å². The molecule has 0 aromatic heterocycles. The quantitative estimate of drug-likeness (QED) is 0.0975. The number of hydrogen-bond acceptors (Lipinski definition) is 10. The Morgan fingerprint density at radius 1 is 0.514 bits per heavy atom. The van der Waals surface area contributed by atoms with Gasteiger partial charge in [0.05, 0.1) is 106 Å². The van der Waals surface area contributed by atoms with E-state index < -0.39 is 8.32 Å². The minimum Gasteiger partial charge on any atom is -0.415 e. The van der Waals surface area contributed by atoms with Crippen molar-refractivity contribution in [3.05, 3.63) is 12.2 Å². The van der Waals surface area contributed by atoms with Crippen molar-refractivity contribution in [3.8, 4) is 0 Å². The highest BCUT2D eigenvalue weighted by Gasteiger charge is 2.22. The smallest absolute Gasteiger partial charge is 0.253 e. The number of rotatable bonds is 25. The molecule has 12 heteroatoms. The van der Waals surface area contributed by atoms with Gasteiger partial charge < -0.3 is 37.6 Å². The van der Waals surface area contributed by atoms with E-state index in [2.05, 4.69) is 19.6 Å². The third-order valence-electron chi connectivity index (χ3n) is 4.35. The van der Waals surface area contributed by atoms with Crippen molar-refractivity contribution in [2.45, 2.75) is 19.6 Å². The third kappa shape index (κ3) is 19.6. The van der Waals surface area contributed by atoms with Crippen LogP contribution in [0.4, 0.5) is 0 Å². The number of ether oxygens (including phenoxy) is 7. The van der Waals surface area contributed by atoms with E-state index in [0.29, 0.717) is 92.5 Å². The van der Waals surface area contributed by atoms with Gasteiger partial charge in [0.25, 0.3) is 11.8 Å². The first-order valence-electron chi connectivity index (χ1n) is 12.1. The highest BCUT2D eigenvalue weighted by Crippen LogP contribution is 2.02. The van der Waals surface area contributed by atoms with Crippen LogP contribution in [-0.2, 0) is 47.2 Å². The highest BCUT2D eigenvalue weighted by atomic mass is 28.4. The van der Waals surface area contributed by atoms with Crippen LogP contribution in [0.5, 0.6) is 0 Å². The Morgan fingerprint density at radius 2 is 0.800 bits per heavy atom. The van der Waals surface area contributed by atoms with Crippen molar-refractivity contribution in [1.82, 2.24) is 4.90 Å². The molecule has 0 aromatic carbocycles. The molecule has 0 fully saturated rings. The SMILES string of the molecule is C[Si](C)(C)OCCOCCOCCOCCOCCOCCOCCOCCN1C(=O)C=CC1=O. The lowest BCUT2D eigenvalue weighted by molar-refractivity contribution is -0.137. The van der Waals surface area contributed by atoms with Crippen molar-refractivity contribution in [1.29, 1.82) is 0 Å². The van der Waals surface area contributed by atoms with Gasteiger partial charge in [-0.25, -0.2) is 0 Å². The Balaban J connectivity index is 1.67. The molecule has 0 saturated heterocycles. The van der Waals surface area contributed by atoms with Crippen LogP contribution in [0.2, 0.25) is 19.6 Å². The lowest BCUT2D eigenvalue weighted by Gasteiger charge is -2.16. The first-order chi connectivity index (χ1) is 16.9. The Hall–Kier alpha value is -1.22. The summed E-state index contributed by atoms with van der Waals surface area (Å²) in [4.78, 5) is 23.9. The van der Waals surface area contributed by atoms with Crippen LogP contribution < -0.4 is 0 Å². The van der Waals surface area contributed by atoms with E-state index in [0.717, 1.165) is 4.90 Å². The van der Waals surface area contributed by atoms with Crippen molar-refractivity contribution < 1.29 is 47.2 Å². The molecule has 1 aliphatic heterocycles. The number of amides is 2. The zero-order chi connectivity index (χ0) is 25.6. The van der Waals surface area contributed by atoms with Gasteiger partial charge in [-0.2, -0.15) is 0 Å². The Bertz CT molecular complexity index is 567. The fraction of sp³-hybridized carbons (Fsp3) is 0.826. The topological polar surface area (TPSA) is 111 Å². The highest BCUT2D eigenvalue weighted by molar-refractivity contribution is 6.69. The summed E-state index contributed by atoms with van der Waals surface area (Å²) in [6.45, 7) is 14.1. The molecule has 1 heterocycles. The molecule has 0 saturated carbocycles. The van der Waals surface area contributed by atoms with E-state index in [1.54, 1.807) is 0 Å². The van der Waals surface area contributed by atoms with Gasteiger partial charge in [-0.05, 0) is 19.6 Å². The maximum Gasteiger partial charge on any atom is 0.253 e. The summed E-state index contributed by atoms with van der Waals surface area (Å²) in [5.74, 6) is -0.602. The van der Waals surface area contributed by atoms with Gasteiger partial charge in [-0.3, -0.25) is 14.5 Å². The lowest BCUT2D eigenvalue weighted by Crippen LogP contribution is -2.33. The molecule has 204 valence electrons. The second-order valence-electron chi connectivity index (χ2n) is 8.41. The van der Waals surface area contributed by atoms with E-state index in [-0.39, 0.29) is 25.0 Å². The van der Waals surface area contributed by atoms with E-state index in [1.165, 1.54) is 12.2 Å². The summed E-state index contributed by atoms with van der Waals surface area (Å²) in [6.07, 6.45) is 2.52. The second kappa shape index (κ2) is 20.9. The van der Waals surface area contributed by atoms with Gasteiger partial charge in [0, 0.05) is 12.2 Å². The van der Waals surface area contributed by atoms with E-state index >= 15 is 0 Å². The molecule has 0 aromatic rings. The maximum atomic E-state index is 11.4. The van der Waals surface area contributed by atoms with Crippen molar-refractivity contribution in [2.24, 2.45) is 0 Å². The predicted molar refractivity (Wildman–Crippen MR) is 131 cm³/mol. The molecule has 0 atom stereocenters. The molecule has 0 spiro atoms. The van der Waals surface area contributed by atoms with Crippen LogP contribution in [-0.4, -0.2) is 131 Å². The molecule has 0 N–H and O–H groups in total. The molecule has 0 unspecified atom stereocenters. The Morgan fingerprint density at radius 3 is 1.11 bits per heavy atom. The fourth-order valence-electron chi connectivity index (χ4n) is 2.64. The lowest BCUT2D eigenvalue weighted by atomic mass is 10.5. The summed E-state index contributed by atoms with van der Waals surface area (Å²) in [5.41, 5.74) is 0. The minimum atomic E-state index is -1.45. The van der Waals surface area contributed by atoms with Gasteiger partial charge >= 0.3 is 0 Å². The molecular formula is C23H43NO10Si. The third-order valence-corrected chi connectivity index (χ3v) is 5.42. The van der Waals surface area contributed by atoms with Gasteiger partial charge in [0.15, 0.2) is 8.32 Å². The number of carbonyl (C=O) groups is 2. The van der Waals surface area contributed by atoms with Crippen molar-refractivity contribution >= 4 is 20.1 Å². The molecule has 0 aliphatic carbocycles. The van der Waals surface area contributed by atoms with Crippen molar-refractivity contribution in [3.63, 3.8) is 0 Å². The van der Waals surface area contributed by atoms with E-state index in [9.17, 15) is 9.59 Å². The zero-order valence-electron chi connectivity index (χ0n) is 21.5. The van der Waals surface area contributed by atoms with Crippen LogP contribution >= 0.6 is 0 Å². The molecule has 2 amide bonds. The van der Waals surface area contributed by atoms with Gasteiger partial charge in [0.1, 0.15) is 0 Å². The molecule has 11 nitrogen and oxygen atoms in total. The average Bonchev–Trinajstić information content (AvgIpc) is 3.13. The van der Waals surface area contributed by atoms with E-state index in [1.807, 2.05) is 0 Å². The molecule has 0 radical (unpaired) electrons. The van der Waals surface area contributed by atoms with Crippen LogP contribution in [0.25, 0.3) is 0 Å². The van der Waals surface area contributed by atoms with Crippen molar-refractivity contribution in [2.75, 3.05) is 106 Å². The molecular weight excluding hydrogens is 478 g/mol. The van der Waals surface area contributed by atoms with Gasteiger partial charge in [-0.15, -0.1) is 0 Å². The number of imide groups is 1. The van der Waals surface area contributed by atoms with Gasteiger partial charge in [-0.1, -0.05) is 0 Å². The van der Waals surface area contributed by atoms with Crippen LogP contribution in [0.3, 0.4) is 0 Å². The zero-order valence-corrected chi connectivity index (χ0v) is 22.5. The second-order valence-corrected chi connectivity index (χ2v) is 12.9. The molecule has 35 heavy (non-hydrogen) atoms. The van der Waals surface area contributed by atoms with Gasteiger partial charge in [0.2, 0.25) is 0 Å². The summed E-state index contributed by atoms with van der Waals surface area (Å²) in [5, 5.41) is 0. The average molecular weight is 522 g/mol. The Labute approximate surface area is 210 Å². The standard InChI is InChI=1S/C23H43NO10Si/c1-35(2,3)34-21-20-33-19-18-32-17-16-31-15-14-30-13-12-29-11-10-28-9-8-27-7-6-24-22(25)4-5-23(24)26/h4-5H,6-21H2,1-3H3. The molecule has 0 bridgehead atoms. The number of carbonyl (C=O) groups excluding carboxylic acids is 2. The summed E-state index contributed by atoms with van der Waals surface area (Å²) in [7, 11) is -1.45. The van der Waals surface area contributed by atoms with E-state index in [4.69, 9.17) is 37.6 Å². The maximum absolute atomic E-state index is 11.4.